The van der Waals surface area contributed by atoms with Crippen LogP contribution in [-0.2, 0) is 6.42 Å². The first-order valence-corrected chi connectivity index (χ1v) is 10.8. The van der Waals surface area contributed by atoms with Crippen LogP contribution < -0.4 is 15.8 Å². The minimum absolute atomic E-state index is 0.0948. The average Bonchev–Trinajstić information content (AvgIpc) is 3.21. The van der Waals surface area contributed by atoms with Crippen LogP contribution in [0.5, 0.6) is 5.75 Å². The summed E-state index contributed by atoms with van der Waals surface area (Å²) in [5.74, 6) is -1.31. The molecule has 0 radical (unpaired) electrons. The summed E-state index contributed by atoms with van der Waals surface area (Å²) in [6, 6.07) is 17.8. The summed E-state index contributed by atoms with van der Waals surface area (Å²) in [6.45, 7) is 0.0948. The van der Waals surface area contributed by atoms with Crippen LogP contribution >= 0.6 is 11.6 Å². The molecule has 4 rings (SSSR count). The molecule has 9 heteroatoms. The van der Waals surface area contributed by atoms with E-state index >= 15 is 0 Å². The lowest BCUT2D eigenvalue weighted by atomic mass is 10.0. The molecule has 0 aliphatic carbocycles. The lowest BCUT2D eigenvalue weighted by molar-refractivity contribution is -0.274. The van der Waals surface area contributed by atoms with Gasteiger partial charge in [0.1, 0.15) is 5.75 Å². The number of rotatable bonds is 7. The second kappa shape index (κ2) is 9.79. The van der Waals surface area contributed by atoms with E-state index in [0.717, 1.165) is 22.5 Å². The zero-order valence-corrected chi connectivity index (χ0v) is 18.6. The fourth-order valence-electron chi connectivity index (χ4n) is 3.77. The molecule has 0 spiro atoms. The van der Waals surface area contributed by atoms with E-state index in [1.807, 2.05) is 30.5 Å². The number of alkyl halides is 3. The summed E-state index contributed by atoms with van der Waals surface area (Å²) < 4.78 is 43.1. The Morgan fingerprint density at radius 3 is 2.47 bits per heavy atom. The first-order valence-electron chi connectivity index (χ1n) is 10.4. The molecule has 5 nitrogen and oxygen atoms in total. The van der Waals surface area contributed by atoms with Gasteiger partial charge in [0.15, 0.2) is 0 Å². The van der Waals surface area contributed by atoms with Gasteiger partial charge >= 0.3 is 6.36 Å². The molecule has 1 atom stereocenters. The monoisotopic (exact) mass is 487 g/mol. The van der Waals surface area contributed by atoms with Crippen LogP contribution in [0.1, 0.15) is 15.9 Å². The molecule has 0 saturated heterocycles. The van der Waals surface area contributed by atoms with Crippen molar-refractivity contribution < 1.29 is 22.7 Å². The third-order valence-corrected chi connectivity index (χ3v) is 5.64. The number of aromatic amines is 1. The first-order chi connectivity index (χ1) is 16.2. The maximum absolute atomic E-state index is 13.1. The van der Waals surface area contributed by atoms with Gasteiger partial charge in [0.25, 0.3) is 5.91 Å². The summed E-state index contributed by atoms with van der Waals surface area (Å²) in [5, 5.41) is 4.26. The van der Waals surface area contributed by atoms with Crippen molar-refractivity contribution in [1.29, 1.82) is 0 Å². The number of para-hydroxylation sites is 1. The number of benzene rings is 3. The Bertz CT molecular complexity index is 1300. The van der Waals surface area contributed by atoms with Crippen LogP contribution in [0, 0.1) is 0 Å². The van der Waals surface area contributed by atoms with Crippen LogP contribution in [0.15, 0.2) is 72.9 Å². The summed E-state index contributed by atoms with van der Waals surface area (Å²) in [7, 11) is 0. The number of nitrogens with one attached hydrogen (secondary N) is 2. The fourth-order valence-corrected chi connectivity index (χ4v) is 3.89. The van der Waals surface area contributed by atoms with Crippen molar-refractivity contribution in [3.63, 3.8) is 0 Å². The average molecular weight is 488 g/mol. The van der Waals surface area contributed by atoms with E-state index in [1.165, 1.54) is 12.1 Å². The second-order valence-corrected chi connectivity index (χ2v) is 8.17. The number of ether oxygens (including phenoxy) is 1. The van der Waals surface area contributed by atoms with Gasteiger partial charge in [-0.3, -0.25) is 4.79 Å². The number of carbonyl (C=O) groups excluding carboxylic acids is 1. The number of carbonyl (C=O) groups is 1. The van der Waals surface area contributed by atoms with E-state index in [1.54, 1.807) is 24.3 Å². The molecular weight excluding hydrogens is 467 g/mol. The number of hydrogen-bond donors (Lipinski definition) is 3. The van der Waals surface area contributed by atoms with E-state index in [9.17, 15) is 18.0 Å². The summed E-state index contributed by atoms with van der Waals surface area (Å²) in [6.07, 6.45) is -2.72. The van der Waals surface area contributed by atoms with Crippen molar-refractivity contribution >= 4 is 28.4 Å². The van der Waals surface area contributed by atoms with Crippen LogP contribution in [0.2, 0.25) is 5.02 Å². The van der Waals surface area contributed by atoms with Crippen molar-refractivity contribution in [2.75, 3.05) is 6.54 Å². The molecule has 1 amide bonds. The molecule has 3 aromatic carbocycles. The molecule has 4 N–H and O–H groups in total. The Kier molecular flexibility index (Phi) is 6.81. The lowest BCUT2D eigenvalue weighted by Gasteiger charge is -2.19. The summed E-state index contributed by atoms with van der Waals surface area (Å²) in [4.78, 5) is 16.3. The van der Waals surface area contributed by atoms with Crippen LogP contribution in [0.4, 0.5) is 13.2 Å². The maximum Gasteiger partial charge on any atom is 0.573 e. The Morgan fingerprint density at radius 2 is 1.76 bits per heavy atom. The molecule has 4 aromatic rings. The second-order valence-electron chi connectivity index (χ2n) is 7.74. The quantitative estimate of drug-likeness (QED) is 0.313. The number of hydrogen-bond acceptors (Lipinski definition) is 3. The van der Waals surface area contributed by atoms with Gasteiger partial charge in [-0.05, 0) is 53.4 Å². The molecule has 0 saturated carbocycles. The van der Waals surface area contributed by atoms with Crippen molar-refractivity contribution in [1.82, 2.24) is 10.3 Å². The molecule has 1 unspecified atom stereocenters. The molecule has 34 heavy (non-hydrogen) atoms. The topological polar surface area (TPSA) is 80.1 Å². The Morgan fingerprint density at radius 1 is 1.06 bits per heavy atom. The number of H-pyrrole nitrogens is 1. The molecule has 176 valence electrons. The molecular formula is C25H21ClF3N3O2. The van der Waals surface area contributed by atoms with Crippen molar-refractivity contribution in [2.24, 2.45) is 5.73 Å². The highest BCUT2D eigenvalue weighted by Gasteiger charge is 2.33. The van der Waals surface area contributed by atoms with Gasteiger partial charge in [-0.1, -0.05) is 48.0 Å². The van der Waals surface area contributed by atoms with Crippen LogP contribution in [0.25, 0.3) is 22.0 Å². The highest BCUT2D eigenvalue weighted by Crippen LogP contribution is 2.31. The molecule has 0 bridgehead atoms. The van der Waals surface area contributed by atoms with Gasteiger partial charge in [-0.25, -0.2) is 0 Å². The van der Waals surface area contributed by atoms with Crippen molar-refractivity contribution in [3.05, 3.63) is 89.1 Å². The standard InChI is InChI=1S/C25H21ClF3N3O2/c26-18-8-5-15(6-9-18)16-7-10-23(34-25(27,28)29)21(12-16)24(33)32-19(13-30)11-17-14-31-22-4-2-1-3-20(17)22/h1-10,12,14,19,31H,11,13,30H2,(H,32,33). The Labute approximate surface area is 198 Å². The van der Waals surface area contributed by atoms with E-state index in [-0.39, 0.29) is 12.1 Å². The molecule has 1 heterocycles. The van der Waals surface area contributed by atoms with Gasteiger partial charge in [0.2, 0.25) is 0 Å². The SMILES string of the molecule is NCC(Cc1c[nH]c2ccccc12)NC(=O)c1cc(-c2ccc(Cl)cc2)ccc1OC(F)(F)F. The molecule has 1 aromatic heterocycles. The number of amides is 1. The van der Waals surface area contributed by atoms with Crippen LogP contribution in [-0.4, -0.2) is 29.8 Å². The Balaban J connectivity index is 1.62. The molecule has 0 aliphatic rings. The Hall–Kier alpha value is -3.49. The molecule has 0 fully saturated rings. The number of aromatic nitrogens is 1. The minimum Gasteiger partial charge on any atom is -0.405 e. The smallest absolute Gasteiger partial charge is 0.405 e. The van der Waals surface area contributed by atoms with Gasteiger partial charge in [0.05, 0.1) is 5.56 Å². The lowest BCUT2D eigenvalue weighted by Crippen LogP contribution is -2.42. The maximum atomic E-state index is 13.1. The zero-order valence-electron chi connectivity index (χ0n) is 17.8. The predicted molar refractivity (Wildman–Crippen MR) is 126 cm³/mol. The zero-order chi connectivity index (χ0) is 24.3. The predicted octanol–water partition coefficient (Wildman–Crippen LogP) is 5.69. The number of halogens is 4. The first kappa shape index (κ1) is 23.7. The summed E-state index contributed by atoms with van der Waals surface area (Å²) in [5.41, 5.74) is 8.74. The summed E-state index contributed by atoms with van der Waals surface area (Å²) >= 11 is 5.92. The van der Waals surface area contributed by atoms with E-state index < -0.39 is 24.1 Å². The normalized spacial score (nSPS) is 12.5. The highest BCUT2D eigenvalue weighted by molar-refractivity contribution is 6.30. The number of nitrogens with two attached hydrogens (primary N) is 1. The largest absolute Gasteiger partial charge is 0.573 e. The van der Waals surface area contributed by atoms with E-state index in [0.29, 0.717) is 22.6 Å². The van der Waals surface area contributed by atoms with Crippen molar-refractivity contribution in [2.45, 2.75) is 18.8 Å². The molecule has 0 aliphatic heterocycles. The van der Waals surface area contributed by atoms with Gasteiger partial charge < -0.3 is 20.8 Å². The van der Waals surface area contributed by atoms with Gasteiger partial charge in [-0.15, -0.1) is 13.2 Å². The van der Waals surface area contributed by atoms with Crippen LogP contribution in [0.3, 0.4) is 0 Å². The van der Waals surface area contributed by atoms with E-state index in [2.05, 4.69) is 15.0 Å². The van der Waals surface area contributed by atoms with Gasteiger partial charge in [0, 0.05) is 34.7 Å². The van der Waals surface area contributed by atoms with Gasteiger partial charge in [-0.2, -0.15) is 0 Å². The fraction of sp³-hybridized carbons (Fsp3) is 0.160. The third kappa shape index (κ3) is 5.52. The number of fused-ring (bicyclic) bond motifs is 1. The minimum atomic E-state index is -4.95. The van der Waals surface area contributed by atoms with E-state index in [4.69, 9.17) is 17.3 Å². The third-order valence-electron chi connectivity index (χ3n) is 5.39. The highest BCUT2D eigenvalue weighted by atomic mass is 35.5. The van der Waals surface area contributed by atoms with Crippen molar-refractivity contribution in [3.8, 4) is 16.9 Å².